The van der Waals surface area contributed by atoms with Crippen LogP contribution < -0.4 is 4.74 Å². The van der Waals surface area contributed by atoms with E-state index in [2.05, 4.69) is 12.6 Å². The van der Waals surface area contributed by atoms with Gasteiger partial charge < -0.3 is 4.74 Å². The number of hydrogen-bond donors (Lipinski definition) is 0. The molecule has 0 saturated carbocycles. The van der Waals surface area contributed by atoms with Gasteiger partial charge in [0.1, 0.15) is 5.75 Å². The minimum Gasteiger partial charge on any atom is -0.494 e. The van der Waals surface area contributed by atoms with Crippen LogP contribution in [0.5, 0.6) is 5.75 Å². The van der Waals surface area contributed by atoms with Crippen molar-refractivity contribution in [2.75, 3.05) is 6.61 Å². The largest absolute Gasteiger partial charge is 0.494 e. The molecule has 0 bridgehead atoms. The van der Waals surface area contributed by atoms with Gasteiger partial charge in [-0.2, -0.15) is 5.26 Å². The van der Waals surface area contributed by atoms with Crippen molar-refractivity contribution in [3.8, 4) is 11.8 Å². The number of allylic oxidation sites excluding steroid dienone is 2. The zero-order valence-electron chi connectivity index (χ0n) is 16.8. The summed E-state index contributed by atoms with van der Waals surface area (Å²) in [6.45, 7) is 4.52. The van der Waals surface area contributed by atoms with Crippen molar-refractivity contribution >= 4 is 11.6 Å². The van der Waals surface area contributed by atoms with Gasteiger partial charge in [-0.25, -0.2) is 0 Å². The second-order valence-corrected chi connectivity index (χ2v) is 7.01. The first-order valence-corrected chi connectivity index (χ1v) is 10.3. The molecule has 0 spiro atoms. The number of benzene rings is 2. The van der Waals surface area contributed by atoms with Crippen LogP contribution in [0.2, 0.25) is 0 Å². The standard InChI is InChI=1S/C26H31NO/c1-2-3-4-5-6-7-8-9-13-20-28-26-18-16-23(17-19-26)21-25(22-27)24-14-11-10-12-15-24/h2,10-12,14-19,21H,1,3-9,13,20H2/b25-21+. The summed E-state index contributed by atoms with van der Waals surface area (Å²) in [5, 5.41) is 9.41. The Balaban J connectivity index is 1.68. The van der Waals surface area contributed by atoms with Crippen molar-refractivity contribution in [2.45, 2.75) is 51.4 Å². The van der Waals surface area contributed by atoms with E-state index in [9.17, 15) is 5.26 Å². The van der Waals surface area contributed by atoms with Gasteiger partial charge in [0.05, 0.1) is 18.2 Å². The highest BCUT2D eigenvalue weighted by Crippen LogP contribution is 2.20. The molecule has 0 unspecified atom stereocenters. The molecule has 0 aliphatic heterocycles. The molecule has 0 atom stereocenters. The molecule has 0 fully saturated rings. The summed E-state index contributed by atoms with van der Waals surface area (Å²) < 4.78 is 5.84. The van der Waals surface area contributed by atoms with E-state index in [1.165, 1.54) is 38.5 Å². The maximum atomic E-state index is 9.41. The molecule has 2 rings (SSSR count). The van der Waals surface area contributed by atoms with Crippen LogP contribution >= 0.6 is 0 Å². The third-order valence-electron chi connectivity index (χ3n) is 4.72. The average Bonchev–Trinajstić information content (AvgIpc) is 2.75. The van der Waals surface area contributed by atoms with Crippen LogP contribution in [0, 0.1) is 11.3 Å². The fraction of sp³-hybridized carbons (Fsp3) is 0.346. The first-order chi connectivity index (χ1) is 13.8. The molecule has 2 heteroatoms. The van der Waals surface area contributed by atoms with Crippen molar-refractivity contribution < 1.29 is 4.74 Å². The molecular formula is C26H31NO. The van der Waals surface area contributed by atoms with Crippen molar-refractivity contribution in [3.05, 3.63) is 78.4 Å². The fourth-order valence-corrected chi connectivity index (χ4v) is 3.09. The number of ether oxygens (including phenoxy) is 1. The maximum absolute atomic E-state index is 9.41. The van der Waals surface area contributed by atoms with Gasteiger partial charge in [0, 0.05) is 0 Å². The van der Waals surface area contributed by atoms with Crippen LogP contribution in [-0.2, 0) is 0 Å². The van der Waals surface area contributed by atoms with Gasteiger partial charge in [-0.3, -0.25) is 0 Å². The Morgan fingerprint density at radius 3 is 2.14 bits per heavy atom. The van der Waals surface area contributed by atoms with E-state index in [1.54, 1.807) is 0 Å². The molecular weight excluding hydrogens is 342 g/mol. The second-order valence-electron chi connectivity index (χ2n) is 7.01. The predicted octanol–water partition coefficient (Wildman–Crippen LogP) is 7.44. The summed E-state index contributed by atoms with van der Waals surface area (Å²) in [6.07, 6.45) is 13.9. The van der Waals surface area contributed by atoms with E-state index in [4.69, 9.17) is 4.74 Å². The lowest BCUT2D eigenvalue weighted by Gasteiger charge is -2.07. The highest BCUT2D eigenvalue weighted by Gasteiger charge is 2.01. The Hall–Kier alpha value is -2.79. The molecule has 0 aromatic heterocycles. The monoisotopic (exact) mass is 373 g/mol. The fourth-order valence-electron chi connectivity index (χ4n) is 3.09. The SMILES string of the molecule is C=CCCCCCCCCCOc1ccc(/C=C(\C#N)c2ccccc2)cc1. The molecule has 2 aromatic rings. The van der Waals surface area contributed by atoms with Gasteiger partial charge in [0.25, 0.3) is 0 Å². The molecule has 28 heavy (non-hydrogen) atoms. The van der Waals surface area contributed by atoms with Gasteiger partial charge in [-0.1, -0.05) is 80.6 Å². The van der Waals surface area contributed by atoms with Crippen molar-refractivity contribution in [1.82, 2.24) is 0 Å². The third kappa shape index (κ3) is 8.27. The van der Waals surface area contributed by atoms with Gasteiger partial charge in [-0.15, -0.1) is 6.58 Å². The summed E-state index contributed by atoms with van der Waals surface area (Å²) >= 11 is 0. The van der Waals surface area contributed by atoms with Gasteiger partial charge in [0.15, 0.2) is 0 Å². The molecule has 0 aliphatic carbocycles. The lowest BCUT2D eigenvalue weighted by Crippen LogP contribution is -1.97. The Morgan fingerprint density at radius 2 is 1.50 bits per heavy atom. The summed E-state index contributed by atoms with van der Waals surface area (Å²) in [5.74, 6) is 0.889. The van der Waals surface area contributed by atoms with Crippen molar-refractivity contribution in [1.29, 1.82) is 5.26 Å². The highest BCUT2D eigenvalue weighted by atomic mass is 16.5. The van der Waals surface area contributed by atoms with Crippen LogP contribution in [0.1, 0.15) is 62.5 Å². The zero-order valence-corrected chi connectivity index (χ0v) is 16.8. The lowest BCUT2D eigenvalue weighted by atomic mass is 10.0. The first kappa shape index (κ1) is 21.5. The minimum atomic E-state index is 0.666. The highest BCUT2D eigenvalue weighted by molar-refractivity contribution is 5.89. The molecule has 146 valence electrons. The molecule has 0 heterocycles. The number of rotatable bonds is 13. The van der Waals surface area contributed by atoms with E-state index in [-0.39, 0.29) is 0 Å². The maximum Gasteiger partial charge on any atom is 0.119 e. The van der Waals surface area contributed by atoms with Crippen LogP contribution in [0.4, 0.5) is 0 Å². The van der Waals surface area contributed by atoms with E-state index < -0.39 is 0 Å². The lowest BCUT2D eigenvalue weighted by molar-refractivity contribution is 0.304. The summed E-state index contributed by atoms with van der Waals surface area (Å²) in [4.78, 5) is 0. The summed E-state index contributed by atoms with van der Waals surface area (Å²) in [7, 11) is 0. The summed E-state index contributed by atoms with van der Waals surface area (Å²) in [5.41, 5.74) is 2.61. The van der Waals surface area contributed by atoms with Gasteiger partial charge in [-0.05, 0) is 48.6 Å². The van der Waals surface area contributed by atoms with Crippen molar-refractivity contribution in [3.63, 3.8) is 0 Å². The first-order valence-electron chi connectivity index (χ1n) is 10.3. The molecule has 2 aromatic carbocycles. The molecule has 0 N–H and O–H groups in total. The van der Waals surface area contributed by atoms with E-state index in [1.807, 2.05) is 66.7 Å². The Kier molecular flexibility index (Phi) is 10.3. The van der Waals surface area contributed by atoms with E-state index in [0.717, 1.165) is 36.3 Å². The number of unbranched alkanes of at least 4 members (excludes halogenated alkanes) is 7. The van der Waals surface area contributed by atoms with Crippen molar-refractivity contribution in [2.24, 2.45) is 0 Å². The van der Waals surface area contributed by atoms with E-state index >= 15 is 0 Å². The third-order valence-corrected chi connectivity index (χ3v) is 4.72. The molecule has 0 amide bonds. The van der Waals surface area contributed by atoms with Crippen LogP contribution in [0.3, 0.4) is 0 Å². The Morgan fingerprint density at radius 1 is 0.857 bits per heavy atom. The van der Waals surface area contributed by atoms with E-state index in [0.29, 0.717) is 5.57 Å². The molecule has 0 aliphatic rings. The van der Waals surface area contributed by atoms with Gasteiger partial charge in [0.2, 0.25) is 0 Å². The quantitative estimate of drug-likeness (QED) is 0.158. The number of hydrogen-bond acceptors (Lipinski definition) is 2. The van der Waals surface area contributed by atoms with Crippen LogP contribution in [0.25, 0.3) is 11.6 Å². The Bertz CT molecular complexity index is 753. The van der Waals surface area contributed by atoms with Crippen LogP contribution in [-0.4, -0.2) is 6.61 Å². The van der Waals surface area contributed by atoms with Crippen LogP contribution in [0.15, 0.2) is 67.3 Å². The zero-order chi connectivity index (χ0) is 19.9. The second kappa shape index (κ2) is 13.4. The Labute approximate surface area is 170 Å². The number of nitriles is 1. The number of nitrogens with zero attached hydrogens (tertiary/aromatic N) is 1. The molecule has 0 radical (unpaired) electrons. The average molecular weight is 374 g/mol. The predicted molar refractivity (Wildman–Crippen MR) is 119 cm³/mol. The van der Waals surface area contributed by atoms with Gasteiger partial charge >= 0.3 is 0 Å². The normalized spacial score (nSPS) is 11.0. The molecule has 0 saturated heterocycles. The molecule has 2 nitrogen and oxygen atoms in total. The summed E-state index contributed by atoms with van der Waals surface area (Å²) in [6, 6.07) is 20.0. The smallest absolute Gasteiger partial charge is 0.119 e. The minimum absolute atomic E-state index is 0.666. The topological polar surface area (TPSA) is 33.0 Å².